The second-order valence-corrected chi connectivity index (χ2v) is 5.36. The molecule has 0 aromatic heterocycles. The Balaban J connectivity index is 0.00000146. The highest BCUT2D eigenvalue weighted by atomic mass is 16.5. The van der Waals surface area contributed by atoms with Gasteiger partial charge >= 0.3 is 5.97 Å². The van der Waals surface area contributed by atoms with Crippen LogP contribution >= 0.6 is 0 Å². The molecule has 0 bridgehead atoms. The lowest BCUT2D eigenvalue weighted by atomic mass is 10.0. The van der Waals surface area contributed by atoms with Crippen molar-refractivity contribution < 1.29 is 19.7 Å². The summed E-state index contributed by atoms with van der Waals surface area (Å²) >= 11 is 0. The van der Waals surface area contributed by atoms with Gasteiger partial charge in [0, 0.05) is 6.42 Å². The van der Waals surface area contributed by atoms with Crippen LogP contribution in [0.15, 0.2) is 48.5 Å². The van der Waals surface area contributed by atoms with E-state index in [-0.39, 0.29) is 23.4 Å². The van der Waals surface area contributed by atoms with Gasteiger partial charge in [-0.15, -0.1) is 0 Å². The van der Waals surface area contributed by atoms with E-state index < -0.39 is 0 Å². The molecule has 1 unspecified atom stereocenters. The molecule has 0 aliphatic heterocycles. The number of esters is 1. The fraction of sp³-hybridized carbons (Fsp3) is 0.409. The van der Waals surface area contributed by atoms with Crippen LogP contribution in [-0.4, -0.2) is 22.8 Å². The molecule has 0 saturated carbocycles. The third-order valence-corrected chi connectivity index (χ3v) is 3.45. The first kappa shape index (κ1) is 23.5. The van der Waals surface area contributed by atoms with Crippen LogP contribution in [0.4, 0.5) is 0 Å². The number of phenolic OH excluding ortho intramolecular Hbond substituents is 2. The van der Waals surface area contributed by atoms with Crippen LogP contribution in [0, 0.1) is 5.92 Å². The number of hydrogen-bond acceptors (Lipinski definition) is 4. The minimum atomic E-state index is -0.232. The molecule has 2 N–H and O–H groups in total. The lowest BCUT2D eigenvalue weighted by molar-refractivity contribution is -0.147. The Morgan fingerprint density at radius 3 is 1.73 bits per heavy atom. The number of carbonyl (C=O) groups is 1. The van der Waals surface area contributed by atoms with E-state index in [0.717, 1.165) is 11.1 Å². The van der Waals surface area contributed by atoms with Crippen molar-refractivity contribution >= 4 is 5.97 Å². The largest absolute Gasteiger partial charge is 0.508 e. The van der Waals surface area contributed by atoms with E-state index in [0.29, 0.717) is 19.4 Å². The van der Waals surface area contributed by atoms with Gasteiger partial charge in [0.25, 0.3) is 0 Å². The third-order valence-electron chi connectivity index (χ3n) is 3.45. The summed E-state index contributed by atoms with van der Waals surface area (Å²) in [7, 11) is 0. The van der Waals surface area contributed by atoms with E-state index in [1.807, 2.05) is 46.8 Å². The molecule has 0 radical (unpaired) electrons. The predicted octanol–water partition coefficient (Wildman–Crippen LogP) is 5.11. The van der Waals surface area contributed by atoms with E-state index in [2.05, 4.69) is 0 Å². The molecule has 4 heteroatoms. The van der Waals surface area contributed by atoms with E-state index >= 15 is 0 Å². The average molecular weight is 360 g/mol. The number of phenols is 2. The van der Waals surface area contributed by atoms with Gasteiger partial charge in [-0.3, -0.25) is 4.79 Å². The molecule has 0 spiro atoms. The van der Waals surface area contributed by atoms with E-state index in [1.54, 1.807) is 36.4 Å². The second kappa shape index (κ2) is 13.8. The van der Waals surface area contributed by atoms with Gasteiger partial charge in [0.2, 0.25) is 0 Å². The summed E-state index contributed by atoms with van der Waals surface area (Å²) in [6.07, 6.45) is 1.20. The molecule has 26 heavy (non-hydrogen) atoms. The second-order valence-electron chi connectivity index (χ2n) is 5.36. The fourth-order valence-corrected chi connectivity index (χ4v) is 2.14. The Kier molecular flexibility index (Phi) is 12.4. The van der Waals surface area contributed by atoms with Gasteiger partial charge in [0.1, 0.15) is 11.5 Å². The van der Waals surface area contributed by atoms with Crippen molar-refractivity contribution in [2.45, 2.75) is 47.5 Å². The zero-order valence-electron chi connectivity index (χ0n) is 16.5. The molecule has 0 heterocycles. The predicted molar refractivity (Wildman–Crippen MR) is 106 cm³/mol. The lowest BCUT2D eigenvalue weighted by Gasteiger charge is -2.11. The van der Waals surface area contributed by atoms with Crippen LogP contribution in [0.2, 0.25) is 0 Å². The standard InChI is InChI=1S/C18H20O4.2C2H6/c1-13(12-15-4-8-17(20)9-5-15)18(21)22-11-10-14-2-6-16(19)7-3-14;2*1-2/h2-9,13,19-20H,10-12H2,1H3;2*1-2H3. The molecule has 0 fully saturated rings. The van der Waals surface area contributed by atoms with E-state index in [4.69, 9.17) is 4.74 Å². The number of rotatable bonds is 6. The minimum Gasteiger partial charge on any atom is -0.508 e. The van der Waals surface area contributed by atoms with E-state index in [9.17, 15) is 15.0 Å². The monoisotopic (exact) mass is 360 g/mol. The first-order valence-electron chi connectivity index (χ1n) is 9.27. The van der Waals surface area contributed by atoms with Crippen molar-refractivity contribution in [1.29, 1.82) is 0 Å². The van der Waals surface area contributed by atoms with Crippen LogP contribution in [0.25, 0.3) is 0 Å². The van der Waals surface area contributed by atoms with Gasteiger partial charge in [-0.1, -0.05) is 58.9 Å². The van der Waals surface area contributed by atoms with Crippen LogP contribution in [0.5, 0.6) is 11.5 Å². The Morgan fingerprint density at radius 1 is 0.846 bits per heavy atom. The molecular weight excluding hydrogens is 328 g/mol. The van der Waals surface area contributed by atoms with Gasteiger partial charge in [-0.2, -0.15) is 0 Å². The minimum absolute atomic E-state index is 0.216. The number of carbonyl (C=O) groups excluding carboxylic acids is 1. The van der Waals surface area contributed by atoms with Crippen LogP contribution in [0.3, 0.4) is 0 Å². The Morgan fingerprint density at radius 2 is 1.27 bits per heavy atom. The van der Waals surface area contributed by atoms with Gasteiger partial charge in [-0.25, -0.2) is 0 Å². The Hall–Kier alpha value is -2.49. The normalized spacial score (nSPS) is 10.5. The van der Waals surface area contributed by atoms with Crippen molar-refractivity contribution in [3.63, 3.8) is 0 Å². The van der Waals surface area contributed by atoms with Crippen molar-refractivity contribution in [3.05, 3.63) is 59.7 Å². The molecule has 2 aromatic rings. The molecular formula is C22H32O4. The highest BCUT2D eigenvalue weighted by Gasteiger charge is 2.15. The summed E-state index contributed by atoms with van der Waals surface area (Å²) in [5, 5.41) is 18.4. The summed E-state index contributed by atoms with van der Waals surface area (Å²) in [4.78, 5) is 11.9. The Labute approximate surface area is 157 Å². The van der Waals surface area contributed by atoms with Crippen molar-refractivity contribution in [1.82, 2.24) is 0 Å². The zero-order valence-corrected chi connectivity index (χ0v) is 16.5. The third kappa shape index (κ3) is 9.11. The molecule has 0 aliphatic rings. The quantitative estimate of drug-likeness (QED) is 0.702. The average Bonchev–Trinajstić information content (AvgIpc) is 2.68. The summed E-state index contributed by atoms with van der Waals surface area (Å²) in [6, 6.07) is 13.7. The van der Waals surface area contributed by atoms with Crippen molar-refractivity contribution in [2.75, 3.05) is 6.61 Å². The molecule has 2 rings (SSSR count). The summed E-state index contributed by atoms with van der Waals surface area (Å²) in [5.74, 6) is -0.0210. The SMILES string of the molecule is CC.CC.CC(Cc1ccc(O)cc1)C(=O)OCCc1ccc(O)cc1. The van der Waals surface area contributed by atoms with Crippen LogP contribution in [0.1, 0.15) is 45.7 Å². The molecule has 1 atom stereocenters. The zero-order chi connectivity index (χ0) is 19.9. The maximum absolute atomic E-state index is 11.9. The van der Waals surface area contributed by atoms with Gasteiger partial charge < -0.3 is 14.9 Å². The highest BCUT2D eigenvalue weighted by molar-refractivity contribution is 5.72. The van der Waals surface area contributed by atoms with Crippen molar-refractivity contribution in [3.8, 4) is 11.5 Å². The number of aromatic hydroxyl groups is 2. The lowest BCUT2D eigenvalue weighted by Crippen LogP contribution is -2.18. The molecule has 4 nitrogen and oxygen atoms in total. The summed E-state index contributed by atoms with van der Waals surface area (Å²) in [6.45, 7) is 10.2. The molecule has 144 valence electrons. The van der Waals surface area contributed by atoms with Crippen LogP contribution < -0.4 is 0 Å². The number of benzene rings is 2. The fourth-order valence-electron chi connectivity index (χ4n) is 2.14. The number of ether oxygens (including phenoxy) is 1. The first-order valence-corrected chi connectivity index (χ1v) is 9.27. The molecule has 0 amide bonds. The Bertz CT molecular complexity index is 603. The maximum atomic E-state index is 11.9. The topological polar surface area (TPSA) is 66.8 Å². The number of hydrogen-bond donors (Lipinski definition) is 2. The van der Waals surface area contributed by atoms with Gasteiger partial charge in [0.15, 0.2) is 0 Å². The van der Waals surface area contributed by atoms with Gasteiger partial charge in [-0.05, 0) is 41.8 Å². The molecule has 0 saturated heterocycles. The maximum Gasteiger partial charge on any atom is 0.308 e. The van der Waals surface area contributed by atoms with Gasteiger partial charge in [0.05, 0.1) is 12.5 Å². The van der Waals surface area contributed by atoms with Crippen LogP contribution in [-0.2, 0) is 22.4 Å². The first-order chi connectivity index (χ1) is 12.5. The highest BCUT2D eigenvalue weighted by Crippen LogP contribution is 2.15. The smallest absolute Gasteiger partial charge is 0.308 e. The van der Waals surface area contributed by atoms with Crippen molar-refractivity contribution in [2.24, 2.45) is 5.92 Å². The molecule has 0 aliphatic carbocycles. The summed E-state index contributed by atoms with van der Waals surface area (Å²) in [5.41, 5.74) is 2.00. The van der Waals surface area contributed by atoms with E-state index in [1.165, 1.54) is 0 Å². The molecule has 2 aromatic carbocycles. The summed E-state index contributed by atoms with van der Waals surface area (Å²) < 4.78 is 5.28.